The fraction of sp³-hybridized carbons (Fsp3) is 0.455. The van der Waals surface area contributed by atoms with Gasteiger partial charge in [0.1, 0.15) is 4.60 Å². The number of rotatable bonds is 2. The molecule has 4 heteroatoms. The number of carbonyl (C=O) groups is 1. The normalized spacial score (nSPS) is 16.3. The van der Waals surface area contributed by atoms with Crippen molar-refractivity contribution in [3.05, 3.63) is 28.0 Å². The number of carbonyl (C=O) groups excluding carboxylic acids is 1. The van der Waals surface area contributed by atoms with Crippen molar-refractivity contribution in [3.63, 3.8) is 0 Å². The van der Waals surface area contributed by atoms with Crippen molar-refractivity contribution in [1.82, 2.24) is 9.78 Å². The van der Waals surface area contributed by atoms with E-state index in [1.54, 1.807) is 10.9 Å². The molecule has 1 heterocycles. The van der Waals surface area contributed by atoms with Gasteiger partial charge in [-0.15, -0.1) is 0 Å². The largest absolute Gasteiger partial charge is 0.289 e. The van der Waals surface area contributed by atoms with Crippen LogP contribution >= 0.6 is 15.9 Å². The van der Waals surface area contributed by atoms with Crippen LogP contribution in [0.1, 0.15) is 36.0 Å². The molecule has 0 amide bonds. The van der Waals surface area contributed by atoms with Gasteiger partial charge in [-0.05, 0) is 47.2 Å². The molecule has 0 bridgehead atoms. The molecular formula is C11H13BrN2O. The topological polar surface area (TPSA) is 34.9 Å². The van der Waals surface area contributed by atoms with Gasteiger partial charge in [-0.25, -0.2) is 0 Å². The Kier molecular flexibility index (Phi) is 3.05. The van der Waals surface area contributed by atoms with Crippen LogP contribution in [-0.4, -0.2) is 15.6 Å². The molecule has 1 aliphatic rings. The van der Waals surface area contributed by atoms with Crippen molar-refractivity contribution in [2.75, 3.05) is 0 Å². The predicted molar refractivity (Wildman–Crippen MR) is 61.8 cm³/mol. The zero-order valence-electron chi connectivity index (χ0n) is 8.66. The van der Waals surface area contributed by atoms with E-state index in [1.165, 1.54) is 6.42 Å². The first-order chi connectivity index (χ1) is 7.20. The highest BCUT2D eigenvalue weighted by molar-refractivity contribution is 9.10. The van der Waals surface area contributed by atoms with Gasteiger partial charge >= 0.3 is 0 Å². The summed E-state index contributed by atoms with van der Waals surface area (Å²) in [5, 5.41) is 4.05. The Balaban J connectivity index is 2.28. The van der Waals surface area contributed by atoms with E-state index in [-0.39, 0.29) is 5.78 Å². The van der Waals surface area contributed by atoms with Crippen LogP contribution in [0, 0.1) is 0 Å². The monoisotopic (exact) mass is 268 g/mol. The summed E-state index contributed by atoms with van der Waals surface area (Å²) in [5.74, 6) is 0.120. The van der Waals surface area contributed by atoms with E-state index < -0.39 is 0 Å². The van der Waals surface area contributed by atoms with Crippen LogP contribution in [0.15, 0.2) is 22.4 Å². The number of nitrogens with zero attached hydrogens (tertiary/aromatic N) is 2. The summed E-state index contributed by atoms with van der Waals surface area (Å²) in [7, 11) is 1.82. The molecule has 0 unspecified atom stereocenters. The minimum Gasteiger partial charge on any atom is -0.289 e. The first-order valence-electron chi connectivity index (χ1n) is 5.11. The maximum absolute atomic E-state index is 12.1. The number of hydrogen-bond donors (Lipinski definition) is 0. The second-order valence-electron chi connectivity index (χ2n) is 3.78. The molecule has 0 spiro atoms. The van der Waals surface area contributed by atoms with Crippen LogP contribution < -0.4 is 0 Å². The van der Waals surface area contributed by atoms with Crippen molar-refractivity contribution in [1.29, 1.82) is 0 Å². The molecule has 0 aliphatic heterocycles. The predicted octanol–water partition coefficient (Wildman–Crippen LogP) is 2.87. The summed E-state index contributed by atoms with van der Waals surface area (Å²) in [4.78, 5) is 12.1. The van der Waals surface area contributed by atoms with Crippen LogP contribution in [0.4, 0.5) is 0 Å². The van der Waals surface area contributed by atoms with E-state index >= 15 is 0 Å². The second kappa shape index (κ2) is 4.31. The van der Waals surface area contributed by atoms with Crippen LogP contribution in [0.25, 0.3) is 0 Å². The van der Waals surface area contributed by atoms with Crippen molar-refractivity contribution >= 4 is 21.7 Å². The fourth-order valence-corrected chi connectivity index (χ4v) is 2.17. The lowest BCUT2D eigenvalue weighted by Gasteiger charge is -2.10. The van der Waals surface area contributed by atoms with E-state index in [0.717, 1.165) is 29.4 Å². The van der Waals surface area contributed by atoms with Crippen molar-refractivity contribution in [3.8, 4) is 0 Å². The second-order valence-corrected chi connectivity index (χ2v) is 4.53. The fourth-order valence-electron chi connectivity index (χ4n) is 1.79. The molecule has 0 aromatic carbocycles. The third-order valence-corrected chi connectivity index (χ3v) is 3.63. The standard InChI is InChI=1S/C11H13BrN2O/c1-14-11(12)9(7-13-14)10(15)8-5-3-2-4-6-8/h5,7H,2-4,6H2,1H3. The molecule has 0 N–H and O–H groups in total. The smallest absolute Gasteiger partial charge is 0.193 e. The Hall–Kier alpha value is -0.900. The Bertz CT molecular complexity index is 420. The minimum absolute atomic E-state index is 0.120. The number of aryl methyl sites for hydroxylation is 1. The van der Waals surface area contributed by atoms with E-state index in [1.807, 2.05) is 7.05 Å². The van der Waals surface area contributed by atoms with E-state index in [9.17, 15) is 4.79 Å². The summed E-state index contributed by atoms with van der Waals surface area (Å²) in [5.41, 5.74) is 1.61. The molecule has 0 radical (unpaired) electrons. The van der Waals surface area contributed by atoms with Crippen LogP contribution in [0.3, 0.4) is 0 Å². The van der Waals surface area contributed by atoms with Crippen molar-refractivity contribution in [2.45, 2.75) is 25.7 Å². The number of ketones is 1. The van der Waals surface area contributed by atoms with Crippen LogP contribution in [0.2, 0.25) is 0 Å². The molecule has 1 aromatic rings. The molecular weight excluding hydrogens is 256 g/mol. The van der Waals surface area contributed by atoms with E-state index in [0.29, 0.717) is 5.56 Å². The highest BCUT2D eigenvalue weighted by Gasteiger charge is 2.19. The van der Waals surface area contributed by atoms with Crippen LogP contribution in [0.5, 0.6) is 0 Å². The molecule has 15 heavy (non-hydrogen) atoms. The zero-order chi connectivity index (χ0) is 10.8. The minimum atomic E-state index is 0.120. The van der Waals surface area contributed by atoms with Crippen LogP contribution in [-0.2, 0) is 7.05 Å². The van der Waals surface area contributed by atoms with E-state index in [4.69, 9.17) is 0 Å². The summed E-state index contributed by atoms with van der Waals surface area (Å²) in [6.45, 7) is 0. The lowest BCUT2D eigenvalue weighted by Crippen LogP contribution is -2.06. The third-order valence-electron chi connectivity index (χ3n) is 2.69. The summed E-state index contributed by atoms with van der Waals surface area (Å²) in [6.07, 6.45) is 7.94. The highest BCUT2D eigenvalue weighted by atomic mass is 79.9. The molecule has 0 fully saturated rings. The lowest BCUT2D eigenvalue weighted by molar-refractivity contribution is 0.102. The Morgan fingerprint density at radius 2 is 2.33 bits per heavy atom. The average Bonchev–Trinajstić information content (AvgIpc) is 2.60. The van der Waals surface area contributed by atoms with Crippen molar-refractivity contribution < 1.29 is 4.79 Å². The van der Waals surface area contributed by atoms with Gasteiger partial charge < -0.3 is 0 Å². The highest BCUT2D eigenvalue weighted by Crippen LogP contribution is 2.24. The van der Waals surface area contributed by atoms with Gasteiger partial charge in [0.05, 0.1) is 11.8 Å². The number of hydrogen-bond acceptors (Lipinski definition) is 2. The number of aromatic nitrogens is 2. The summed E-state index contributed by atoms with van der Waals surface area (Å²) < 4.78 is 2.43. The lowest BCUT2D eigenvalue weighted by atomic mass is 9.94. The quantitative estimate of drug-likeness (QED) is 0.774. The van der Waals surface area contributed by atoms with Gasteiger partial charge in [0.15, 0.2) is 5.78 Å². The summed E-state index contributed by atoms with van der Waals surface area (Å²) in [6, 6.07) is 0. The number of Topliss-reactive ketones (excluding diaryl/α,β-unsaturated/α-hetero) is 1. The average molecular weight is 269 g/mol. The molecule has 0 saturated carbocycles. The molecule has 0 atom stereocenters. The van der Waals surface area contributed by atoms with Gasteiger partial charge in [0.25, 0.3) is 0 Å². The first kappa shape index (κ1) is 10.6. The van der Waals surface area contributed by atoms with Gasteiger partial charge in [-0.2, -0.15) is 5.10 Å². The summed E-state index contributed by atoms with van der Waals surface area (Å²) >= 11 is 3.37. The molecule has 80 valence electrons. The number of halogens is 1. The first-order valence-corrected chi connectivity index (χ1v) is 5.90. The van der Waals surface area contributed by atoms with Gasteiger partial charge in [0.2, 0.25) is 0 Å². The molecule has 1 aromatic heterocycles. The van der Waals surface area contributed by atoms with E-state index in [2.05, 4.69) is 27.1 Å². The molecule has 1 aliphatic carbocycles. The Labute approximate surface area is 97.3 Å². The Morgan fingerprint density at radius 1 is 1.53 bits per heavy atom. The SMILES string of the molecule is Cn1ncc(C(=O)C2=CCCCC2)c1Br. The van der Waals surface area contributed by atoms with Gasteiger partial charge in [-0.1, -0.05) is 6.08 Å². The van der Waals surface area contributed by atoms with Gasteiger partial charge in [-0.3, -0.25) is 9.48 Å². The van der Waals surface area contributed by atoms with Crippen molar-refractivity contribution in [2.24, 2.45) is 7.05 Å². The molecule has 2 rings (SSSR count). The number of allylic oxidation sites excluding steroid dienone is 2. The maximum atomic E-state index is 12.1. The molecule has 3 nitrogen and oxygen atoms in total. The van der Waals surface area contributed by atoms with Gasteiger partial charge in [0, 0.05) is 7.05 Å². The maximum Gasteiger partial charge on any atom is 0.193 e. The Morgan fingerprint density at radius 3 is 2.87 bits per heavy atom. The zero-order valence-corrected chi connectivity index (χ0v) is 10.2. The molecule has 0 saturated heterocycles. The third kappa shape index (κ3) is 2.04.